The van der Waals surface area contributed by atoms with Gasteiger partial charge in [-0.3, -0.25) is 4.79 Å². The van der Waals surface area contributed by atoms with E-state index in [1.165, 1.54) is 16.7 Å². The molecule has 0 aliphatic rings. The van der Waals surface area contributed by atoms with Crippen molar-refractivity contribution in [2.45, 2.75) is 26.2 Å². The molecule has 1 N–H and O–H groups in total. The van der Waals surface area contributed by atoms with Crippen molar-refractivity contribution < 1.29 is 9.53 Å². The molecular formula is C25H26N2O2S. The molecule has 0 aliphatic carbocycles. The molecule has 0 bridgehead atoms. The second-order valence-electron chi connectivity index (χ2n) is 7.13. The Morgan fingerprint density at radius 1 is 0.967 bits per heavy atom. The first-order chi connectivity index (χ1) is 14.6. The summed E-state index contributed by atoms with van der Waals surface area (Å²) in [6.45, 7) is 4.71. The fraction of sp³-hybridized carbons (Fsp3) is 0.200. The first-order valence-corrected chi connectivity index (χ1v) is 11.0. The van der Waals surface area contributed by atoms with Crippen LogP contribution in [0.1, 0.15) is 27.8 Å². The molecular weight excluding hydrogens is 392 g/mol. The Morgan fingerprint density at radius 3 is 2.37 bits per heavy atom. The van der Waals surface area contributed by atoms with E-state index < -0.39 is 0 Å². The molecule has 5 heteroatoms. The van der Waals surface area contributed by atoms with E-state index in [1.807, 2.05) is 54.6 Å². The molecule has 0 fully saturated rings. The van der Waals surface area contributed by atoms with Crippen LogP contribution in [0.3, 0.4) is 0 Å². The Bertz CT molecular complexity index is 966. The summed E-state index contributed by atoms with van der Waals surface area (Å²) >= 11 is 1.58. The van der Waals surface area contributed by atoms with Crippen molar-refractivity contribution in [3.8, 4) is 5.75 Å². The second-order valence-corrected chi connectivity index (χ2v) is 8.11. The molecule has 3 aromatic carbocycles. The van der Waals surface area contributed by atoms with Crippen LogP contribution in [0.25, 0.3) is 0 Å². The molecule has 0 atom stereocenters. The molecule has 0 aliphatic heterocycles. The van der Waals surface area contributed by atoms with Gasteiger partial charge in [0.1, 0.15) is 12.4 Å². The van der Waals surface area contributed by atoms with Gasteiger partial charge in [-0.15, -0.1) is 11.8 Å². The van der Waals surface area contributed by atoms with Crippen LogP contribution in [0.15, 0.2) is 77.9 Å². The average molecular weight is 419 g/mol. The third-order valence-corrected chi connectivity index (χ3v) is 5.32. The summed E-state index contributed by atoms with van der Waals surface area (Å²) in [6, 6.07) is 24.1. The number of benzene rings is 3. The summed E-state index contributed by atoms with van der Waals surface area (Å²) < 4.78 is 5.77. The topological polar surface area (TPSA) is 50.7 Å². The minimum atomic E-state index is -0.108. The van der Waals surface area contributed by atoms with E-state index in [0.29, 0.717) is 12.4 Å². The molecule has 0 unspecified atom stereocenters. The van der Waals surface area contributed by atoms with E-state index in [4.69, 9.17) is 4.74 Å². The number of carbonyl (C=O) groups excluding carboxylic acids is 1. The van der Waals surface area contributed by atoms with Crippen LogP contribution in [0.2, 0.25) is 0 Å². The molecule has 0 saturated carbocycles. The van der Waals surface area contributed by atoms with Crippen LogP contribution >= 0.6 is 11.8 Å². The maximum absolute atomic E-state index is 12.0. The standard InChI is InChI=1S/C25H26N2O2S/c1-19-12-20(2)14-23(13-19)17-30-18-25(28)27-26-15-21-8-10-24(11-9-21)29-16-22-6-4-3-5-7-22/h3-15H,16-18H2,1-2H3,(H,27,28)/b26-15+. The summed E-state index contributed by atoms with van der Waals surface area (Å²) in [5, 5.41) is 4.04. The fourth-order valence-corrected chi connectivity index (χ4v) is 3.77. The number of nitrogens with zero attached hydrogens (tertiary/aromatic N) is 1. The van der Waals surface area contributed by atoms with E-state index in [0.717, 1.165) is 22.6 Å². The van der Waals surface area contributed by atoms with E-state index in [2.05, 4.69) is 42.6 Å². The highest BCUT2D eigenvalue weighted by atomic mass is 32.2. The Labute approximate surface area is 182 Å². The zero-order valence-corrected chi connectivity index (χ0v) is 18.1. The summed E-state index contributed by atoms with van der Waals surface area (Å²) in [7, 11) is 0. The predicted molar refractivity (Wildman–Crippen MR) is 125 cm³/mol. The van der Waals surface area contributed by atoms with Gasteiger partial charge in [-0.1, -0.05) is 59.7 Å². The number of carbonyl (C=O) groups is 1. The Hall–Kier alpha value is -3.05. The number of hydrazone groups is 1. The number of thioether (sulfide) groups is 1. The summed E-state index contributed by atoms with van der Waals surface area (Å²) in [5.74, 6) is 1.87. The molecule has 0 aromatic heterocycles. The summed E-state index contributed by atoms with van der Waals surface area (Å²) in [5.41, 5.74) is 8.33. The molecule has 3 aromatic rings. The molecule has 0 radical (unpaired) electrons. The van der Waals surface area contributed by atoms with Crippen LogP contribution in [-0.4, -0.2) is 17.9 Å². The van der Waals surface area contributed by atoms with Gasteiger partial charge in [0.25, 0.3) is 0 Å². The predicted octanol–water partition coefficient (Wildman–Crippen LogP) is 5.27. The highest BCUT2D eigenvalue weighted by molar-refractivity contribution is 7.99. The lowest BCUT2D eigenvalue weighted by atomic mass is 10.1. The largest absolute Gasteiger partial charge is 0.489 e. The third kappa shape index (κ3) is 7.41. The van der Waals surface area contributed by atoms with Crippen molar-refractivity contribution in [2.75, 3.05) is 5.75 Å². The molecule has 30 heavy (non-hydrogen) atoms. The minimum Gasteiger partial charge on any atom is -0.489 e. The number of hydrogen-bond acceptors (Lipinski definition) is 4. The van der Waals surface area contributed by atoms with Crippen LogP contribution < -0.4 is 10.2 Å². The highest BCUT2D eigenvalue weighted by Gasteiger charge is 2.02. The quantitative estimate of drug-likeness (QED) is 0.381. The maximum Gasteiger partial charge on any atom is 0.250 e. The van der Waals surface area contributed by atoms with E-state index in [-0.39, 0.29) is 5.91 Å². The van der Waals surface area contributed by atoms with Gasteiger partial charge in [0.2, 0.25) is 5.91 Å². The first-order valence-electron chi connectivity index (χ1n) is 9.82. The Kier molecular flexibility index (Phi) is 8.10. The van der Waals surface area contributed by atoms with Gasteiger partial charge in [-0.25, -0.2) is 5.43 Å². The Morgan fingerprint density at radius 2 is 1.67 bits per heavy atom. The van der Waals surface area contributed by atoms with E-state index in [9.17, 15) is 4.79 Å². The number of nitrogens with one attached hydrogen (secondary N) is 1. The average Bonchev–Trinajstić information content (AvgIpc) is 2.73. The number of amides is 1. The molecule has 154 valence electrons. The number of hydrogen-bond donors (Lipinski definition) is 1. The van der Waals surface area contributed by atoms with Crippen LogP contribution in [-0.2, 0) is 17.2 Å². The summed E-state index contributed by atoms with van der Waals surface area (Å²) in [4.78, 5) is 12.0. The Balaban J connectivity index is 1.38. The van der Waals surface area contributed by atoms with Gasteiger partial charge >= 0.3 is 0 Å². The third-order valence-electron chi connectivity index (χ3n) is 4.31. The molecule has 0 heterocycles. The lowest BCUT2D eigenvalue weighted by molar-refractivity contribution is -0.118. The molecule has 3 rings (SSSR count). The van der Waals surface area contributed by atoms with Crippen LogP contribution in [0.4, 0.5) is 0 Å². The molecule has 4 nitrogen and oxygen atoms in total. The van der Waals surface area contributed by atoms with Gasteiger partial charge in [-0.2, -0.15) is 5.10 Å². The lowest BCUT2D eigenvalue weighted by Crippen LogP contribution is -2.19. The van der Waals surface area contributed by atoms with E-state index in [1.54, 1.807) is 18.0 Å². The van der Waals surface area contributed by atoms with Crippen molar-refractivity contribution in [3.05, 3.63) is 101 Å². The minimum absolute atomic E-state index is 0.108. The highest BCUT2D eigenvalue weighted by Crippen LogP contribution is 2.16. The van der Waals surface area contributed by atoms with Crippen molar-refractivity contribution in [3.63, 3.8) is 0 Å². The monoisotopic (exact) mass is 418 g/mol. The number of rotatable bonds is 9. The SMILES string of the molecule is Cc1cc(C)cc(CSCC(=O)N/N=C/c2ccc(OCc3ccccc3)cc2)c1. The first kappa shape index (κ1) is 21.7. The zero-order valence-electron chi connectivity index (χ0n) is 17.3. The number of aryl methyl sites for hydroxylation is 2. The van der Waals surface area contributed by atoms with Crippen LogP contribution in [0, 0.1) is 13.8 Å². The fourth-order valence-electron chi connectivity index (χ4n) is 3.02. The van der Waals surface area contributed by atoms with E-state index >= 15 is 0 Å². The maximum atomic E-state index is 12.0. The van der Waals surface area contributed by atoms with Gasteiger partial charge in [-0.05, 0) is 54.8 Å². The van der Waals surface area contributed by atoms with Gasteiger partial charge in [0.15, 0.2) is 0 Å². The lowest BCUT2D eigenvalue weighted by Gasteiger charge is -2.06. The second kappa shape index (κ2) is 11.2. The van der Waals surface area contributed by atoms with Gasteiger partial charge in [0.05, 0.1) is 12.0 Å². The summed E-state index contributed by atoms with van der Waals surface area (Å²) in [6.07, 6.45) is 1.63. The smallest absolute Gasteiger partial charge is 0.250 e. The van der Waals surface area contributed by atoms with Crippen molar-refractivity contribution in [1.29, 1.82) is 0 Å². The molecule has 0 saturated heterocycles. The normalized spacial score (nSPS) is 10.9. The molecule has 1 amide bonds. The van der Waals surface area contributed by atoms with Gasteiger partial charge < -0.3 is 4.74 Å². The zero-order chi connectivity index (χ0) is 21.2. The van der Waals surface area contributed by atoms with Crippen molar-refractivity contribution in [1.82, 2.24) is 5.43 Å². The number of ether oxygens (including phenoxy) is 1. The van der Waals surface area contributed by atoms with Gasteiger partial charge in [0, 0.05) is 5.75 Å². The van der Waals surface area contributed by atoms with Crippen molar-refractivity contribution in [2.24, 2.45) is 5.10 Å². The van der Waals surface area contributed by atoms with Crippen molar-refractivity contribution >= 4 is 23.9 Å². The molecule has 0 spiro atoms. The van der Waals surface area contributed by atoms with Crippen LogP contribution in [0.5, 0.6) is 5.75 Å².